The highest BCUT2D eigenvalue weighted by Crippen LogP contribution is 2.25. The third kappa shape index (κ3) is 5.22. The van der Waals surface area contributed by atoms with Crippen LogP contribution in [0.25, 0.3) is 0 Å². The second-order valence-corrected chi connectivity index (χ2v) is 6.64. The van der Waals surface area contributed by atoms with Crippen LogP contribution < -0.4 is 10.2 Å². The standard InChI is InChI=1S/C16H23N3O5/c1-10(14(20)17-16(2,3)4)24-15(21)12-9-11(19(22)23)7-8-13(12)18(5)6/h7-10H,1-6H3,(H,17,20)/t10-/m1/s1. The van der Waals surface area contributed by atoms with E-state index in [2.05, 4.69) is 5.32 Å². The summed E-state index contributed by atoms with van der Waals surface area (Å²) >= 11 is 0. The summed E-state index contributed by atoms with van der Waals surface area (Å²) in [7, 11) is 3.40. The van der Waals surface area contributed by atoms with E-state index in [0.717, 1.165) is 6.07 Å². The van der Waals surface area contributed by atoms with E-state index in [1.807, 2.05) is 20.8 Å². The van der Waals surface area contributed by atoms with E-state index in [0.29, 0.717) is 5.69 Å². The lowest BCUT2D eigenvalue weighted by Gasteiger charge is -2.23. The Labute approximate surface area is 140 Å². The number of esters is 1. The number of anilines is 1. The fourth-order valence-corrected chi connectivity index (χ4v) is 1.94. The van der Waals surface area contributed by atoms with Crippen molar-refractivity contribution in [3.8, 4) is 0 Å². The van der Waals surface area contributed by atoms with Crippen LogP contribution in [0.2, 0.25) is 0 Å². The third-order valence-corrected chi connectivity index (χ3v) is 3.04. The minimum atomic E-state index is -1.02. The van der Waals surface area contributed by atoms with Gasteiger partial charge in [-0.2, -0.15) is 0 Å². The first-order chi connectivity index (χ1) is 10.9. The molecule has 8 nitrogen and oxygen atoms in total. The summed E-state index contributed by atoms with van der Waals surface area (Å²) in [5.41, 5.74) is -0.184. The lowest BCUT2D eigenvalue weighted by molar-refractivity contribution is -0.384. The van der Waals surface area contributed by atoms with Gasteiger partial charge in [0, 0.05) is 31.8 Å². The highest BCUT2D eigenvalue weighted by molar-refractivity contribution is 5.98. The number of carbonyl (C=O) groups is 2. The second kappa shape index (κ2) is 7.29. The number of ether oxygens (including phenoxy) is 1. The Morgan fingerprint density at radius 3 is 2.33 bits per heavy atom. The van der Waals surface area contributed by atoms with Gasteiger partial charge in [-0.05, 0) is 33.8 Å². The predicted octanol–water partition coefficient (Wildman–Crippen LogP) is 2.12. The molecule has 0 radical (unpaired) electrons. The van der Waals surface area contributed by atoms with E-state index in [9.17, 15) is 19.7 Å². The Hall–Kier alpha value is -2.64. The van der Waals surface area contributed by atoms with Crippen LogP contribution in [-0.2, 0) is 9.53 Å². The molecule has 0 aromatic heterocycles. The van der Waals surface area contributed by atoms with Gasteiger partial charge in [0.05, 0.1) is 16.2 Å². The minimum absolute atomic E-state index is 0.0320. The van der Waals surface area contributed by atoms with Crippen LogP contribution >= 0.6 is 0 Å². The lowest BCUT2D eigenvalue weighted by Crippen LogP contribution is -2.46. The Bertz CT molecular complexity index is 650. The number of carbonyl (C=O) groups excluding carboxylic acids is 2. The Morgan fingerprint density at radius 1 is 1.29 bits per heavy atom. The van der Waals surface area contributed by atoms with Crippen LogP contribution in [0.4, 0.5) is 11.4 Å². The van der Waals surface area contributed by atoms with E-state index >= 15 is 0 Å². The van der Waals surface area contributed by atoms with E-state index in [1.165, 1.54) is 19.1 Å². The zero-order valence-electron chi connectivity index (χ0n) is 14.7. The summed E-state index contributed by atoms with van der Waals surface area (Å²) in [6, 6.07) is 3.92. The molecule has 0 spiro atoms. The normalized spacial score (nSPS) is 12.2. The topological polar surface area (TPSA) is 102 Å². The fraction of sp³-hybridized carbons (Fsp3) is 0.500. The molecule has 0 aliphatic carbocycles. The van der Waals surface area contributed by atoms with Crippen LogP contribution in [0.5, 0.6) is 0 Å². The van der Waals surface area contributed by atoms with Crippen molar-refractivity contribution in [2.45, 2.75) is 39.3 Å². The van der Waals surface area contributed by atoms with Crippen molar-refractivity contribution < 1.29 is 19.2 Å². The summed E-state index contributed by atoms with van der Waals surface area (Å²) in [6.45, 7) is 6.88. The molecule has 0 aliphatic rings. The zero-order chi connectivity index (χ0) is 18.7. The summed E-state index contributed by atoms with van der Waals surface area (Å²) in [6.07, 6.45) is -1.02. The number of rotatable bonds is 5. The first-order valence-corrected chi connectivity index (χ1v) is 7.41. The van der Waals surface area contributed by atoms with Gasteiger partial charge in [0.1, 0.15) is 0 Å². The van der Waals surface area contributed by atoms with Crippen molar-refractivity contribution in [1.29, 1.82) is 0 Å². The van der Waals surface area contributed by atoms with Gasteiger partial charge in [-0.3, -0.25) is 14.9 Å². The van der Waals surface area contributed by atoms with Crippen molar-refractivity contribution in [2.24, 2.45) is 0 Å². The molecular weight excluding hydrogens is 314 g/mol. The summed E-state index contributed by atoms with van der Waals surface area (Å²) in [5.74, 6) is -1.23. The molecule has 24 heavy (non-hydrogen) atoms. The van der Waals surface area contributed by atoms with Crippen LogP contribution in [0, 0.1) is 10.1 Å². The summed E-state index contributed by atoms with van der Waals surface area (Å²) in [4.78, 5) is 36.4. The molecule has 1 N–H and O–H groups in total. The van der Waals surface area contributed by atoms with Crippen LogP contribution in [-0.4, -0.2) is 42.5 Å². The average Bonchev–Trinajstić information content (AvgIpc) is 2.44. The number of nitro benzene ring substituents is 1. The van der Waals surface area contributed by atoms with Crippen LogP contribution in [0.3, 0.4) is 0 Å². The van der Waals surface area contributed by atoms with Gasteiger partial charge < -0.3 is 15.0 Å². The van der Waals surface area contributed by atoms with Crippen molar-refractivity contribution in [3.63, 3.8) is 0 Å². The molecular formula is C16H23N3O5. The minimum Gasteiger partial charge on any atom is -0.449 e. The first-order valence-electron chi connectivity index (χ1n) is 7.41. The van der Waals surface area contributed by atoms with Crippen molar-refractivity contribution in [3.05, 3.63) is 33.9 Å². The second-order valence-electron chi connectivity index (χ2n) is 6.64. The van der Waals surface area contributed by atoms with Crippen LogP contribution in [0.1, 0.15) is 38.1 Å². The number of non-ortho nitro benzene ring substituents is 1. The molecule has 1 aromatic carbocycles. The van der Waals surface area contributed by atoms with Gasteiger partial charge in [-0.15, -0.1) is 0 Å². The quantitative estimate of drug-likeness (QED) is 0.502. The van der Waals surface area contributed by atoms with Gasteiger partial charge in [-0.25, -0.2) is 4.79 Å². The largest absolute Gasteiger partial charge is 0.449 e. The molecule has 0 heterocycles. The molecule has 1 rings (SSSR count). The molecule has 1 atom stereocenters. The summed E-state index contributed by atoms with van der Waals surface area (Å²) in [5, 5.41) is 13.6. The number of hydrogen-bond acceptors (Lipinski definition) is 6. The molecule has 8 heteroatoms. The number of nitro groups is 1. The number of nitrogens with zero attached hydrogens (tertiary/aromatic N) is 2. The molecule has 0 saturated carbocycles. The Kier molecular flexibility index (Phi) is 5.89. The fourth-order valence-electron chi connectivity index (χ4n) is 1.94. The van der Waals surface area contributed by atoms with Crippen molar-refractivity contribution >= 4 is 23.3 Å². The number of amides is 1. The molecule has 132 valence electrons. The number of hydrogen-bond donors (Lipinski definition) is 1. The molecule has 0 fully saturated rings. The van der Waals surface area contributed by atoms with E-state index in [-0.39, 0.29) is 11.3 Å². The molecule has 0 saturated heterocycles. The Morgan fingerprint density at radius 2 is 1.88 bits per heavy atom. The average molecular weight is 337 g/mol. The van der Waals surface area contributed by atoms with Gasteiger partial charge in [-0.1, -0.05) is 0 Å². The van der Waals surface area contributed by atoms with Crippen molar-refractivity contribution in [2.75, 3.05) is 19.0 Å². The van der Waals surface area contributed by atoms with E-state index in [4.69, 9.17) is 4.74 Å². The van der Waals surface area contributed by atoms with Gasteiger partial charge in [0.2, 0.25) is 0 Å². The molecule has 0 unspecified atom stereocenters. The third-order valence-electron chi connectivity index (χ3n) is 3.04. The van der Waals surface area contributed by atoms with Crippen LogP contribution in [0.15, 0.2) is 18.2 Å². The highest BCUT2D eigenvalue weighted by Gasteiger charge is 2.25. The predicted molar refractivity (Wildman–Crippen MR) is 90.2 cm³/mol. The van der Waals surface area contributed by atoms with Gasteiger partial charge in [0.25, 0.3) is 11.6 Å². The lowest BCUT2D eigenvalue weighted by atomic mass is 10.1. The monoisotopic (exact) mass is 337 g/mol. The maximum absolute atomic E-state index is 12.4. The number of nitrogens with one attached hydrogen (secondary N) is 1. The maximum Gasteiger partial charge on any atom is 0.341 e. The van der Waals surface area contributed by atoms with Gasteiger partial charge >= 0.3 is 5.97 Å². The molecule has 1 aromatic rings. The zero-order valence-corrected chi connectivity index (χ0v) is 14.7. The first kappa shape index (κ1) is 19.4. The number of benzene rings is 1. The molecule has 1 amide bonds. The smallest absolute Gasteiger partial charge is 0.341 e. The SMILES string of the molecule is C[C@@H](OC(=O)c1cc([N+](=O)[O-])ccc1N(C)C)C(=O)NC(C)(C)C. The Balaban J connectivity index is 3.03. The molecule has 0 aliphatic heterocycles. The molecule has 0 bridgehead atoms. The van der Waals surface area contributed by atoms with E-state index < -0.39 is 28.4 Å². The summed E-state index contributed by atoms with van der Waals surface area (Å²) < 4.78 is 5.17. The van der Waals surface area contributed by atoms with Crippen molar-refractivity contribution in [1.82, 2.24) is 5.32 Å². The van der Waals surface area contributed by atoms with Gasteiger partial charge in [0.15, 0.2) is 6.10 Å². The van der Waals surface area contributed by atoms with E-state index in [1.54, 1.807) is 19.0 Å². The highest BCUT2D eigenvalue weighted by atomic mass is 16.6. The maximum atomic E-state index is 12.4.